The average Bonchev–Trinajstić information content (AvgIpc) is 2.81. The van der Waals surface area contributed by atoms with E-state index in [0.717, 1.165) is 30.7 Å². The van der Waals surface area contributed by atoms with Crippen molar-refractivity contribution >= 4 is 11.6 Å². The van der Waals surface area contributed by atoms with Gasteiger partial charge in [0.2, 0.25) is 0 Å². The molecule has 0 amide bonds. The van der Waals surface area contributed by atoms with Crippen LogP contribution < -0.4 is 0 Å². The topological polar surface area (TPSA) is 26.0 Å². The van der Waals surface area contributed by atoms with Gasteiger partial charge in [0.15, 0.2) is 0 Å². The third kappa shape index (κ3) is 3.38. The molecule has 0 fully saturated rings. The second-order valence-corrected chi connectivity index (χ2v) is 4.36. The van der Waals surface area contributed by atoms with Crippen molar-refractivity contribution in [1.29, 1.82) is 0 Å². The molecular formula is C13H14ClNO. The van der Waals surface area contributed by atoms with Crippen molar-refractivity contribution in [2.75, 3.05) is 0 Å². The summed E-state index contributed by atoms with van der Waals surface area (Å²) in [6.45, 7) is 0. The molecule has 2 nitrogen and oxygen atoms in total. The van der Waals surface area contributed by atoms with E-state index in [1.807, 2.05) is 30.3 Å². The van der Waals surface area contributed by atoms with Crippen LogP contribution in [0.3, 0.4) is 0 Å². The molecule has 1 atom stereocenters. The van der Waals surface area contributed by atoms with Gasteiger partial charge >= 0.3 is 0 Å². The first-order valence-corrected chi connectivity index (χ1v) is 5.84. The minimum absolute atomic E-state index is 0.111. The summed E-state index contributed by atoms with van der Waals surface area (Å²) in [5, 5.41) is 0.111. The van der Waals surface area contributed by atoms with Crippen molar-refractivity contribution in [3.8, 4) is 0 Å². The van der Waals surface area contributed by atoms with E-state index in [4.69, 9.17) is 16.0 Å². The molecule has 0 bridgehead atoms. The molecule has 16 heavy (non-hydrogen) atoms. The molecule has 2 aromatic heterocycles. The monoisotopic (exact) mass is 235 g/mol. The first kappa shape index (κ1) is 11.2. The third-order valence-electron chi connectivity index (χ3n) is 2.44. The molecular weight excluding hydrogens is 222 g/mol. The van der Waals surface area contributed by atoms with Crippen LogP contribution in [0.1, 0.15) is 17.9 Å². The molecule has 0 aliphatic rings. The fourth-order valence-electron chi connectivity index (χ4n) is 1.60. The first-order valence-electron chi connectivity index (χ1n) is 5.41. The summed E-state index contributed by atoms with van der Waals surface area (Å²) in [5.74, 6) is 0.992. The van der Waals surface area contributed by atoms with Crippen LogP contribution in [0.2, 0.25) is 0 Å². The second kappa shape index (κ2) is 5.71. The molecule has 2 aromatic rings. The van der Waals surface area contributed by atoms with E-state index >= 15 is 0 Å². The van der Waals surface area contributed by atoms with Gasteiger partial charge < -0.3 is 4.42 Å². The molecule has 0 spiro atoms. The Morgan fingerprint density at radius 3 is 2.88 bits per heavy atom. The summed E-state index contributed by atoms with van der Waals surface area (Å²) >= 11 is 6.25. The lowest BCUT2D eigenvalue weighted by Crippen LogP contribution is -2.06. The summed E-state index contributed by atoms with van der Waals surface area (Å²) < 4.78 is 5.26. The number of aryl methyl sites for hydroxylation is 1. The maximum atomic E-state index is 6.25. The molecule has 0 aliphatic heterocycles. The molecule has 0 radical (unpaired) electrons. The Morgan fingerprint density at radius 2 is 2.19 bits per heavy atom. The van der Waals surface area contributed by atoms with Gasteiger partial charge in [-0.25, -0.2) is 0 Å². The number of rotatable bonds is 5. The molecule has 3 heteroatoms. The Morgan fingerprint density at radius 1 is 1.25 bits per heavy atom. The quantitative estimate of drug-likeness (QED) is 0.742. The highest BCUT2D eigenvalue weighted by Crippen LogP contribution is 2.13. The molecule has 0 aromatic carbocycles. The van der Waals surface area contributed by atoms with Crippen LogP contribution in [0, 0.1) is 0 Å². The number of alkyl halides is 1. The number of halogens is 1. The standard InChI is InChI=1S/C13H14ClNO/c14-11(6-7-13-5-3-9-16-13)10-12-4-1-2-8-15-12/h1-5,8-9,11H,6-7,10H2. The van der Waals surface area contributed by atoms with E-state index in [-0.39, 0.29) is 5.38 Å². The number of hydrogen-bond acceptors (Lipinski definition) is 2. The Balaban J connectivity index is 1.78. The van der Waals surface area contributed by atoms with Gasteiger partial charge in [0, 0.05) is 30.1 Å². The number of pyridine rings is 1. The molecule has 84 valence electrons. The fraction of sp³-hybridized carbons (Fsp3) is 0.308. The fourth-order valence-corrected chi connectivity index (χ4v) is 1.87. The summed E-state index contributed by atoms with van der Waals surface area (Å²) in [6.07, 6.45) is 6.09. The molecule has 0 aliphatic carbocycles. The Bertz CT molecular complexity index is 399. The van der Waals surface area contributed by atoms with Crippen molar-refractivity contribution in [1.82, 2.24) is 4.98 Å². The zero-order chi connectivity index (χ0) is 11.2. The van der Waals surface area contributed by atoms with Gasteiger partial charge in [-0.2, -0.15) is 0 Å². The summed E-state index contributed by atoms with van der Waals surface area (Å²) in [5.41, 5.74) is 1.04. The lowest BCUT2D eigenvalue weighted by molar-refractivity contribution is 0.498. The van der Waals surface area contributed by atoms with Gasteiger partial charge in [-0.3, -0.25) is 4.98 Å². The molecule has 2 heterocycles. The predicted octanol–water partition coefficient (Wildman–Crippen LogP) is 3.46. The van der Waals surface area contributed by atoms with Crippen LogP contribution in [-0.4, -0.2) is 10.4 Å². The van der Waals surface area contributed by atoms with Crippen LogP contribution in [0.25, 0.3) is 0 Å². The highest BCUT2D eigenvalue weighted by molar-refractivity contribution is 6.20. The Hall–Kier alpha value is -1.28. The first-order chi connectivity index (χ1) is 7.84. The molecule has 0 N–H and O–H groups in total. The van der Waals surface area contributed by atoms with E-state index < -0.39 is 0 Å². The second-order valence-electron chi connectivity index (χ2n) is 3.74. The summed E-state index contributed by atoms with van der Waals surface area (Å²) in [6, 6.07) is 9.78. The lowest BCUT2D eigenvalue weighted by atomic mass is 10.1. The van der Waals surface area contributed by atoms with Crippen molar-refractivity contribution in [2.24, 2.45) is 0 Å². The molecule has 0 saturated heterocycles. The number of furan rings is 1. The van der Waals surface area contributed by atoms with E-state index in [9.17, 15) is 0 Å². The van der Waals surface area contributed by atoms with Gasteiger partial charge in [0.05, 0.1) is 6.26 Å². The van der Waals surface area contributed by atoms with Crippen molar-refractivity contribution in [2.45, 2.75) is 24.6 Å². The maximum Gasteiger partial charge on any atom is 0.103 e. The van der Waals surface area contributed by atoms with Gasteiger partial charge in [-0.1, -0.05) is 6.07 Å². The van der Waals surface area contributed by atoms with E-state index in [1.54, 1.807) is 12.5 Å². The van der Waals surface area contributed by atoms with Gasteiger partial charge in [0.25, 0.3) is 0 Å². The van der Waals surface area contributed by atoms with Crippen molar-refractivity contribution < 1.29 is 4.42 Å². The minimum Gasteiger partial charge on any atom is -0.469 e. The van der Waals surface area contributed by atoms with Crippen molar-refractivity contribution in [3.63, 3.8) is 0 Å². The van der Waals surface area contributed by atoms with Crippen LogP contribution >= 0.6 is 11.6 Å². The van der Waals surface area contributed by atoms with Gasteiger partial charge in [-0.05, 0) is 30.7 Å². The largest absolute Gasteiger partial charge is 0.469 e. The molecule has 1 unspecified atom stereocenters. The SMILES string of the molecule is ClC(CCc1ccco1)Cc1ccccn1. The molecule has 2 rings (SSSR count). The zero-order valence-corrected chi connectivity index (χ0v) is 9.73. The Labute approximate surface area is 100 Å². The van der Waals surface area contributed by atoms with Crippen molar-refractivity contribution in [3.05, 3.63) is 54.2 Å². The maximum absolute atomic E-state index is 6.25. The van der Waals surface area contributed by atoms with Crippen LogP contribution in [-0.2, 0) is 12.8 Å². The van der Waals surface area contributed by atoms with E-state index in [1.165, 1.54) is 0 Å². The minimum atomic E-state index is 0.111. The third-order valence-corrected chi connectivity index (χ3v) is 2.81. The van der Waals surface area contributed by atoms with Crippen LogP contribution in [0.5, 0.6) is 0 Å². The average molecular weight is 236 g/mol. The van der Waals surface area contributed by atoms with E-state index in [0.29, 0.717) is 0 Å². The lowest BCUT2D eigenvalue weighted by Gasteiger charge is -2.07. The predicted molar refractivity (Wildman–Crippen MR) is 64.6 cm³/mol. The van der Waals surface area contributed by atoms with Gasteiger partial charge in [-0.15, -0.1) is 11.6 Å². The summed E-state index contributed by atoms with van der Waals surface area (Å²) in [7, 11) is 0. The number of aromatic nitrogens is 1. The smallest absolute Gasteiger partial charge is 0.103 e. The van der Waals surface area contributed by atoms with E-state index in [2.05, 4.69) is 4.98 Å². The zero-order valence-electron chi connectivity index (χ0n) is 8.97. The highest BCUT2D eigenvalue weighted by Gasteiger charge is 2.07. The molecule has 0 saturated carbocycles. The summed E-state index contributed by atoms with van der Waals surface area (Å²) in [4.78, 5) is 4.26. The van der Waals surface area contributed by atoms with Crippen LogP contribution in [0.15, 0.2) is 47.2 Å². The number of nitrogens with zero attached hydrogens (tertiary/aromatic N) is 1. The van der Waals surface area contributed by atoms with Gasteiger partial charge in [0.1, 0.15) is 5.76 Å². The Kier molecular flexibility index (Phi) is 4.00. The number of hydrogen-bond donors (Lipinski definition) is 0. The highest BCUT2D eigenvalue weighted by atomic mass is 35.5. The normalized spacial score (nSPS) is 12.6. The van der Waals surface area contributed by atoms with Crippen LogP contribution in [0.4, 0.5) is 0 Å².